The maximum Gasteiger partial charge on any atom is 0.237 e. The second-order valence-electron chi connectivity index (χ2n) is 2.36. The molecule has 0 aliphatic carbocycles. The van der Waals surface area contributed by atoms with Crippen molar-refractivity contribution < 1.29 is 9.53 Å². The first-order valence-corrected chi connectivity index (χ1v) is 3.87. The van der Waals surface area contributed by atoms with Crippen molar-refractivity contribution in [3.05, 3.63) is 29.3 Å². The first-order valence-electron chi connectivity index (χ1n) is 3.87. The molecule has 13 heavy (non-hydrogen) atoms. The van der Waals surface area contributed by atoms with Crippen LogP contribution >= 0.6 is 0 Å². The van der Waals surface area contributed by atoms with Crippen molar-refractivity contribution in [1.82, 2.24) is 0 Å². The van der Waals surface area contributed by atoms with Gasteiger partial charge in [-0.05, 0) is 25.1 Å². The number of hydrogen-bond donors (Lipinski definition) is 0. The molecule has 0 aliphatic heterocycles. The highest BCUT2D eigenvalue weighted by atomic mass is 16.5. The highest BCUT2D eigenvalue weighted by molar-refractivity contribution is 5.80. The molecule has 3 heteroatoms. The highest BCUT2D eigenvalue weighted by Gasteiger charge is 2.03. The van der Waals surface area contributed by atoms with Crippen molar-refractivity contribution in [2.45, 2.75) is 6.92 Å². The molecule has 0 N–H and O–H groups in total. The highest BCUT2D eigenvalue weighted by Crippen LogP contribution is 2.18. The van der Waals surface area contributed by atoms with Crippen molar-refractivity contribution >= 4 is 6.29 Å². The molecule has 65 valence electrons. The van der Waals surface area contributed by atoms with E-state index in [-0.39, 0.29) is 0 Å². The molecule has 3 nitrogen and oxygen atoms in total. The van der Waals surface area contributed by atoms with Gasteiger partial charge in [0.1, 0.15) is 5.75 Å². The smallest absolute Gasteiger partial charge is 0.237 e. The van der Waals surface area contributed by atoms with E-state index in [0.29, 0.717) is 23.5 Å². The zero-order valence-electron chi connectivity index (χ0n) is 7.20. The molecule has 1 radical (unpaired) electrons. The van der Waals surface area contributed by atoms with Crippen LogP contribution in [0.2, 0.25) is 0 Å². The second-order valence-corrected chi connectivity index (χ2v) is 2.36. The van der Waals surface area contributed by atoms with Crippen molar-refractivity contribution in [1.29, 1.82) is 5.26 Å². The monoisotopic (exact) mass is 174 g/mol. The fourth-order valence-electron chi connectivity index (χ4n) is 0.951. The summed E-state index contributed by atoms with van der Waals surface area (Å²) >= 11 is 0. The number of ether oxygens (including phenoxy) is 1. The summed E-state index contributed by atoms with van der Waals surface area (Å²) in [5, 5.41) is 8.59. The van der Waals surface area contributed by atoms with Crippen molar-refractivity contribution in [3.8, 4) is 11.8 Å². The van der Waals surface area contributed by atoms with E-state index in [4.69, 9.17) is 10.00 Å². The Hall–Kier alpha value is -1.82. The number of nitrogens with zero attached hydrogens (tertiary/aromatic N) is 1. The second kappa shape index (κ2) is 4.27. The summed E-state index contributed by atoms with van der Waals surface area (Å²) in [6.45, 7) is 2.27. The van der Waals surface area contributed by atoms with Crippen LogP contribution in [0.15, 0.2) is 18.2 Å². The van der Waals surface area contributed by atoms with Crippen LogP contribution in [-0.2, 0) is 4.79 Å². The van der Waals surface area contributed by atoms with Gasteiger partial charge in [-0.3, -0.25) is 4.79 Å². The lowest BCUT2D eigenvalue weighted by Gasteiger charge is -2.04. The Morgan fingerprint density at radius 2 is 2.31 bits per heavy atom. The van der Waals surface area contributed by atoms with Gasteiger partial charge in [0, 0.05) is 0 Å². The number of rotatable bonds is 3. The van der Waals surface area contributed by atoms with E-state index in [2.05, 4.69) is 0 Å². The predicted molar refractivity (Wildman–Crippen MR) is 47.1 cm³/mol. The standard InChI is InChI=1S/C10H8NO2/c1-2-13-10-5-8(6-11)3-4-9(10)7-12/h3-5H,2H2,1H3. The quantitative estimate of drug-likeness (QED) is 0.696. The first-order chi connectivity index (χ1) is 6.31. The summed E-state index contributed by atoms with van der Waals surface area (Å²) in [5.74, 6) is 0.413. The first kappa shape index (κ1) is 9.27. The van der Waals surface area contributed by atoms with Gasteiger partial charge in [0.15, 0.2) is 0 Å². The van der Waals surface area contributed by atoms with Crippen LogP contribution in [0.3, 0.4) is 0 Å². The molecule has 0 heterocycles. The van der Waals surface area contributed by atoms with Crippen molar-refractivity contribution in [2.24, 2.45) is 0 Å². The summed E-state index contributed by atoms with van der Waals surface area (Å²) in [5.41, 5.74) is 0.823. The van der Waals surface area contributed by atoms with Crippen molar-refractivity contribution in [2.75, 3.05) is 6.61 Å². The molecular formula is C10H8NO2. The lowest BCUT2D eigenvalue weighted by molar-refractivity contribution is 0.339. The summed E-state index contributed by atoms with van der Waals surface area (Å²) in [4.78, 5) is 10.4. The average molecular weight is 174 g/mol. The minimum absolute atomic E-state index is 0.348. The van der Waals surface area contributed by atoms with E-state index in [0.717, 1.165) is 0 Å². The molecule has 0 amide bonds. The van der Waals surface area contributed by atoms with E-state index in [1.54, 1.807) is 12.4 Å². The van der Waals surface area contributed by atoms with E-state index < -0.39 is 0 Å². The molecule has 0 bridgehead atoms. The molecule has 0 saturated carbocycles. The largest absolute Gasteiger partial charge is 0.493 e. The Labute approximate surface area is 76.6 Å². The van der Waals surface area contributed by atoms with Crippen LogP contribution < -0.4 is 4.74 Å². The number of carbonyl (C=O) groups excluding carboxylic acids is 1. The molecule has 0 aliphatic rings. The molecule has 0 aromatic heterocycles. The van der Waals surface area contributed by atoms with Gasteiger partial charge in [0.25, 0.3) is 0 Å². The lowest BCUT2D eigenvalue weighted by Crippen LogP contribution is -1.96. The molecule has 0 fully saturated rings. The zero-order chi connectivity index (χ0) is 9.68. The molecule has 1 rings (SSSR count). The summed E-state index contributed by atoms with van der Waals surface area (Å²) in [6, 6.07) is 6.58. The Morgan fingerprint density at radius 3 is 2.85 bits per heavy atom. The van der Waals surface area contributed by atoms with E-state index in [9.17, 15) is 4.79 Å². The fraction of sp³-hybridized carbons (Fsp3) is 0.200. The normalized spacial score (nSPS) is 8.92. The van der Waals surface area contributed by atoms with Gasteiger partial charge in [-0.2, -0.15) is 5.26 Å². The Morgan fingerprint density at radius 1 is 1.54 bits per heavy atom. The third-order valence-electron chi connectivity index (χ3n) is 1.52. The predicted octanol–water partition coefficient (Wildman–Crippen LogP) is 1.41. The third kappa shape index (κ3) is 2.06. The topological polar surface area (TPSA) is 50.1 Å². The third-order valence-corrected chi connectivity index (χ3v) is 1.52. The Kier molecular flexibility index (Phi) is 3.04. The zero-order valence-corrected chi connectivity index (χ0v) is 7.20. The van der Waals surface area contributed by atoms with E-state index in [1.165, 1.54) is 12.1 Å². The maximum absolute atomic E-state index is 10.4. The lowest BCUT2D eigenvalue weighted by atomic mass is 10.1. The number of benzene rings is 1. The molecule has 1 aromatic rings. The van der Waals surface area contributed by atoms with Gasteiger partial charge in [-0.1, -0.05) is 0 Å². The average Bonchev–Trinajstić information content (AvgIpc) is 2.18. The van der Waals surface area contributed by atoms with Crippen molar-refractivity contribution in [3.63, 3.8) is 0 Å². The minimum atomic E-state index is 0.348. The van der Waals surface area contributed by atoms with Crippen LogP contribution in [0.4, 0.5) is 0 Å². The van der Waals surface area contributed by atoms with Crippen LogP contribution in [0.1, 0.15) is 18.1 Å². The molecule has 0 unspecified atom stereocenters. The number of hydrogen-bond acceptors (Lipinski definition) is 3. The van der Waals surface area contributed by atoms with Crippen LogP contribution in [0.25, 0.3) is 0 Å². The Bertz CT molecular complexity index is 352. The summed E-state index contributed by atoms with van der Waals surface area (Å²) < 4.78 is 5.16. The van der Waals surface area contributed by atoms with Gasteiger partial charge in [0.2, 0.25) is 6.29 Å². The van der Waals surface area contributed by atoms with E-state index >= 15 is 0 Å². The van der Waals surface area contributed by atoms with Gasteiger partial charge >= 0.3 is 0 Å². The molecule has 0 saturated heterocycles. The van der Waals surface area contributed by atoms with Crippen LogP contribution in [0, 0.1) is 11.3 Å². The van der Waals surface area contributed by atoms with Gasteiger partial charge < -0.3 is 4.74 Å². The SMILES string of the molecule is CCOc1cc(C#N)ccc1[C]=O. The minimum Gasteiger partial charge on any atom is -0.493 e. The Balaban J connectivity index is 3.11. The molecule has 0 spiro atoms. The summed E-state index contributed by atoms with van der Waals surface area (Å²) in [6.07, 6.45) is 1.75. The molecule has 0 atom stereocenters. The van der Waals surface area contributed by atoms with Gasteiger partial charge in [0.05, 0.1) is 23.8 Å². The van der Waals surface area contributed by atoms with E-state index in [1.807, 2.05) is 13.0 Å². The molecule has 1 aromatic carbocycles. The van der Waals surface area contributed by atoms with Gasteiger partial charge in [-0.25, -0.2) is 0 Å². The van der Waals surface area contributed by atoms with Gasteiger partial charge in [-0.15, -0.1) is 0 Å². The maximum atomic E-state index is 10.4. The number of nitriles is 1. The van der Waals surface area contributed by atoms with Crippen LogP contribution in [-0.4, -0.2) is 12.9 Å². The fourth-order valence-corrected chi connectivity index (χ4v) is 0.951. The summed E-state index contributed by atoms with van der Waals surface area (Å²) in [7, 11) is 0. The molecular weight excluding hydrogens is 166 g/mol. The van der Waals surface area contributed by atoms with Crippen LogP contribution in [0.5, 0.6) is 5.75 Å².